The van der Waals surface area contributed by atoms with Crippen LogP contribution in [-0.2, 0) is 9.53 Å². The molecule has 11 nitrogen and oxygen atoms in total. The molecule has 3 rings (SSSR count). The molecule has 2 heterocycles. The number of fused-ring (bicyclic) bond motifs is 1. The Hall–Kier alpha value is -4.15. The predicted octanol–water partition coefficient (Wildman–Crippen LogP) is 1.24. The van der Waals surface area contributed by atoms with E-state index in [1.54, 1.807) is 0 Å². The summed E-state index contributed by atoms with van der Waals surface area (Å²) in [4.78, 5) is 51.9. The highest BCUT2D eigenvalue weighted by atomic mass is 16.6. The van der Waals surface area contributed by atoms with Crippen LogP contribution in [0.25, 0.3) is 0 Å². The third-order valence-corrected chi connectivity index (χ3v) is 4.36. The number of nitrogens with zero attached hydrogens (tertiary/aromatic N) is 1. The SMILES string of the molecule is C=CCOC(=O)C1=C(C)Nc2[nH]c(=O)[nH]c(=O)c2C1c1ccc(O)c([N+](=O)[O-])c1. The number of aromatic hydroxyl groups is 1. The van der Waals surface area contributed by atoms with Gasteiger partial charge in [0.05, 0.1) is 22.0 Å². The largest absolute Gasteiger partial charge is 0.502 e. The van der Waals surface area contributed by atoms with Gasteiger partial charge in [-0.2, -0.15) is 0 Å². The number of hydrogen-bond donors (Lipinski definition) is 4. The number of allylic oxidation sites excluding steroid dienone is 1. The summed E-state index contributed by atoms with van der Waals surface area (Å²) >= 11 is 0. The number of nitrogens with one attached hydrogen (secondary N) is 3. The molecule has 0 saturated carbocycles. The Bertz CT molecular complexity index is 1180. The highest BCUT2D eigenvalue weighted by molar-refractivity contribution is 5.94. The molecule has 1 atom stereocenters. The number of nitro groups is 1. The van der Waals surface area contributed by atoms with Gasteiger partial charge in [-0.05, 0) is 18.6 Å². The fourth-order valence-electron chi connectivity index (χ4n) is 3.17. The lowest BCUT2D eigenvalue weighted by Crippen LogP contribution is -2.35. The van der Waals surface area contributed by atoms with E-state index in [-0.39, 0.29) is 34.8 Å². The second-order valence-corrected chi connectivity index (χ2v) is 6.19. The van der Waals surface area contributed by atoms with Crippen molar-refractivity contribution >= 4 is 17.5 Å². The van der Waals surface area contributed by atoms with Gasteiger partial charge in [0.2, 0.25) is 0 Å². The second kappa shape index (κ2) is 7.46. The van der Waals surface area contributed by atoms with Gasteiger partial charge < -0.3 is 15.2 Å². The van der Waals surface area contributed by atoms with E-state index in [0.717, 1.165) is 12.1 Å². The third kappa shape index (κ3) is 3.52. The van der Waals surface area contributed by atoms with E-state index in [2.05, 4.69) is 21.9 Å². The first-order chi connectivity index (χ1) is 13.7. The maximum absolute atomic E-state index is 12.7. The van der Waals surface area contributed by atoms with Gasteiger partial charge in [0.15, 0.2) is 5.75 Å². The average Bonchev–Trinajstić information content (AvgIpc) is 2.64. The Labute approximate surface area is 162 Å². The molecule has 0 saturated heterocycles. The Morgan fingerprint density at radius 3 is 2.76 bits per heavy atom. The highest BCUT2D eigenvalue weighted by Gasteiger charge is 2.37. The van der Waals surface area contributed by atoms with E-state index >= 15 is 0 Å². The van der Waals surface area contributed by atoms with Crippen LogP contribution in [0.2, 0.25) is 0 Å². The first kappa shape index (κ1) is 19.6. The van der Waals surface area contributed by atoms with Crippen LogP contribution in [0.3, 0.4) is 0 Å². The van der Waals surface area contributed by atoms with Gasteiger partial charge in [-0.3, -0.25) is 24.9 Å². The summed E-state index contributed by atoms with van der Waals surface area (Å²) in [5.41, 5.74) is -1.67. The van der Waals surface area contributed by atoms with Gasteiger partial charge in [-0.15, -0.1) is 0 Å². The molecule has 4 N–H and O–H groups in total. The maximum atomic E-state index is 12.7. The molecule has 0 aliphatic carbocycles. The zero-order valence-corrected chi connectivity index (χ0v) is 15.1. The lowest BCUT2D eigenvalue weighted by Gasteiger charge is -2.28. The van der Waals surface area contributed by atoms with Crippen LogP contribution in [0, 0.1) is 10.1 Å². The predicted molar refractivity (Wildman–Crippen MR) is 102 cm³/mol. The molecule has 1 unspecified atom stereocenters. The summed E-state index contributed by atoms with van der Waals surface area (Å²) in [6.07, 6.45) is 1.36. The number of carbonyl (C=O) groups excluding carboxylic acids is 1. The van der Waals surface area contributed by atoms with E-state index in [1.165, 1.54) is 19.1 Å². The van der Waals surface area contributed by atoms with Crippen LogP contribution >= 0.6 is 0 Å². The number of nitro benzene ring substituents is 1. The molecule has 0 spiro atoms. The van der Waals surface area contributed by atoms with Gasteiger partial charge in [0.1, 0.15) is 12.4 Å². The van der Waals surface area contributed by atoms with E-state index in [0.29, 0.717) is 0 Å². The number of phenolic OH excluding ortho intramolecular Hbond substituents is 1. The third-order valence-electron chi connectivity index (χ3n) is 4.36. The highest BCUT2D eigenvalue weighted by Crippen LogP contribution is 2.41. The normalized spacial score (nSPS) is 15.3. The monoisotopic (exact) mass is 400 g/mol. The van der Waals surface area contributed by atoms with Crippen molar-refractivity contribution in [3.05, 3.63) is 84.2 Å². The number of ether oxygens (including phenoxy) is 1. The first-order valence-electron chi connectivity index (χ1n) is 8.34. The molecule has 0 amide bonds. The van der Waals surface area contributed by atoms with Crippen molar-refractivity contribution in [3.63, 3.8) is 0 Å². The number of rotatable bonds is 5. The molecule has 1 aromatic heterocycles. The number of carbonyl (C=O) groups is 1. The molecular weight excluding hydrogens is 384 g/mol. The van der Waals surface area contributed by atoms with Crippen LogP contribution in [0.15, 0.2) is 51.7 Å². The average molecular weight is 400 g/mol. The molecule has 1 aliphatic rings. The fraction of sp³-hybridized carbons (Fsp3) is 0.167. The minimum absolute atomic E-state index is 0.0249. The standard InChI is InChI=1S/C18H16N4O7/c1-3-6-29-17(25)12-8(2)19-15-14(16(24)21-18(26)20-15)13(12)9-4-5-11(23)10(7-9)22(27)28/h3-5,7,13,23H,1,6H2,2H3,(H3,19,20,21,24,26). The van der Waals surface area contributed by atoms with E-state index in [9.17, 15) is 29.6 Å². The lowest BCUT2D eigenvalue weighted by atomic mass is 9.82. The molecule has 0 fully saturated rings. The number of aromatic nitrogens is 2. The Morgan fingerprint density at radius 1 is 1.38 bits per heavy atom. The molecule has 29 heavy (non-hydrogen) atoms. The van der Waals surface area contributed by atoms with Crippen LogP contribution in [0.4, 0.5) is 11.5 Å². The van der Waals surface area contributed by atoms with Crippen molar-refractivity contribution < 1.29 is 19.6 Å². The van der Waals surface area contributed by atoms with Gasteiger partial charge in [0, 0.05) is 11.8 Å². The number of hydrogen-bond acceptors (Lipinski definition) is 8. The number of benzene rings is 1. The Balaban J connectivity index is 2.29. The van der Waals surface area contributed by atoms with E-state index < -0.39 is 39.5 Å². The molecule has 150 valence electrons. The van der Waals surface area contributed by atoms with Crippen LogP contribution in [-0.4, -0.2) is 32.6 Å². The quantitative estimate of drug-likeness (QED) is 0.252. The smallest absolute Gasteiger partial charge is 0.337 e. The summed E-state index contributed by atoms with van der Waals surface area (Å²) in [5, 5.41) is 23.8. The van der Waals surface area contributed by atoms with Gasteiger partial charge in [0.25, 0.3) is 5.56 Å². The Kier molecular flexibility index (Phi) is 5.05. The van der Waals surface area contributed by atoms with Crippen molar-refractivity contribution in [3.8, 4) is 5.75 Å². The van der Waals surface area contributed by atoms with Crippen molar-refractivity contribution in [2.45, 2.75) is 12.8 Å². The minimum Gasteiger partial charge on any atom is -0.502 e. The van der Waals surface area contributed by atoms with Crippen molar-refractivity contribution in [1.82, 2.24) is 9.97 Å². The van der Waals surface area contributed by atoms with Gasteiger partial charge >= 0.3 is 17.3 Å². The number of H-pyrrole nitrogens is 2. The second-order valence-electron chi connectivity index (χ2n) is 6.19. The fourth-order valence-corrected chi connectivity index (χ4v) is 3.17. The topological polar surface area (TPSA) is 167 Å². The maximum Gasteiger partial charge on any atom is 0.337 e. The Morgan fingerprint density at radius 2 is 2.10 bits per heavy atom. The summed E-state index contributed by atoms with van der Waals surface area (Å²) in [5.74, 6) is -2.38. The molecular formula is C18H16N4O7. The van der Waals surface area contributed by atoms with E-state index in [4.69, 9.17) is 4.74 Å². The molecule has 1 aliphatic heterocycles. The molecule has 2 aromatic rings. The molecule has 0 radical (unpaired) electrons. The summed E-state index contributed by atoms with van der Waals surface area (Å²) in [6.45, 7) is 4.91. The van der Waals surface area contributed by atoms with Crippen molar-refractivity contribution in [2.24, 2.45) is 0 Å². The number of aromatic amines is 2. The van der Waals surface area contributed by atoms with Gasteiger partial charge in [-0.1, -0.05) is 18.7 Å². The number of esters is 1. The van der Waals surface area contributed by atoms with Crippen LogP contribution < -0.4 is 16.6 Å². The van der Waals surface area contributed by atoms with Crippen molar-refractivity contribution in [2.75, 3.05) is 11.9 Å². The summed E-state index contributed by atoms with van der Waals surface area (Å²) in [7, 11) is 0. The number of phenols is 1. The summed E-state index contributed by atoms with van der Waals surface area (Å²) in [6, 6.07) is 3.51. The lowest BCUT2D eigenvalue weighted by molar-refractivity contribution is -0.385. The van der Waals surface area contributed by atoms with Gasteiger partial charge in [-0.25, -0.2) is 9.59 Å². The zero-order chi connectivity index (χ0) is 21.3. The zero-order valence-electron chi connectivity index (χ0n) is 15.1. The minimum atomic E-state index is -1.09. The van der Waals surface area contributed by atoms with Crippen LogP contribution in [0.5, 0.6) is 5.75 Å². The molecule has 0 bridgehead atoms. The van der Waals surface area contributed by atoms with Crippen LogP contribution in [0.1, 0.15) is 24.0 Å². The number of anilines is 1. The first-order valence-corrected chi connectivity index (χ1v) is 8.34. The van der Waals surface area contributed by atoms with Crippen molar-refractivity contribution in [1.29, 1.82) is 0 Å². The molecule has 1 aromatic carbocycles. The van der Waals surface area contributed by atoms with E-state index in [1.807, 2.05) is 0 Å². The molecule has 11 heteroatoms. The summed E-state index contributed by atoms with van der Waals surface area (Å²) < 4.78 is 5.11.